The Balaban J connectivity index is 2.19. The van der Waals surface area contributed by atoms with E-state index >= 15 is 0 Å². The van der Waals surface area contributed by atoms with E-state index in [1.165, 1.54) is 7.11 Å². The van der Waals surface area contributed by atoms with Gasteiger partial charge in [-0.1, -0.05) is 6.92 Å². The molecule has 1 heterocycles. The Morgan fingerprint density at radius 2 is 2.38 bits per heavy atom. The molecule has 0 bridgehead atoms. The third-order valence-corrected chi connectivity index (χ3v) is 4.25. The summed E-state index contributed by atoms with van der Waals surface area (Å²) in [7, 11) is 1.47. The van der Waals surface area contributed by atoms with E-state index in [9.17, 15) is 4.79 Å². The van der Waals surface area contributed by atoms with Gasteiger partial charge < -0.3 is 9.30 Å². The fourth-order valence-electron chi connectivity index (χ4n) is 3.47. The number of imidazole rings is 1. The van der Waals surface area contributed by atoms with Gasteiger partial charge in [-0.3, -0.25) is 10.1 Å². The second-order valence-electron chi connectivity index (χ2n) is 6.27. The molecular formula is C16H27N3O2. The molecule has 0 aromatic carbocycles. The number of ether oxygens (including phenoxy) is 1. The van der Waals surface area contributed by atoms with E-state index in [1.807, 2.05) is 12.4 Å². The molecule has 1 aromatic rings. The van der Waals surface area contributed by atoms with Crippen molar-refractivity contribution in [1.29, 1.82) is 0 Å². The Kier molecular flexibility index (Phi) is 5.04. The molecule has 0 spiro atoms. The van der Waals surface area contributed by atoms with Crippen molar-refractivity contribution in [3.05, 3.63) is 18.2 Å². The van der Waals surface area contributed by atoms with Gasteiger partial charge in [0.2, 0.25) is 0 Å². The van der Waals surface area contributed by atoms with Crippen LogP contribution in [-0.2, 0) is 16.0 Å². The van der Waals surface area contributed by atoms with E-state index in [2.05, 4.69) is 35.6 Å². The van der Waals surface area contributed by atoms with Gasteiger partial charge in [0, 0.05) is 30.9 Å². The van der Waals surface area contributed by atoms with Crippen LogP contribution < -0.4 is 5.32 Å². The zero-order valence-corrected chi connectivity index (χ0v) is 13.6. The van der Waals surface area contributed by atoms with Crippen LogP contribution in [0.1, 0.15) is 58.3 Å². The molecule has 1 N–H and O–H groups in total. The first-order valence-electron chi connectivity index (χ1n) is 7.90. The molecule has 5 heteroatoms. The average Bonchev–Trinajstić information content (AvgIpc) is 3.05. The summed E-state index contributed by atoms with van der Waals surface area (Å²) in [6.07, 6.45) is 8.51. The predicted octanol–water partition coefficient (Wildman–Crippen LogP) is 2.47. The normalized spacial score (nSPS) is 25.5. The standard InChI is InChI=1S/C16H27N3O2/c1-5-6-14-17-9-10-19(14)13-7-8-16(11-13,15(20)21-4)18-12(2)3/h9-10,12-13,18H,5-8,11H2,1-4H3. The number of esters is 1. The van der Waals surface area contributed by atoms with Crippen LogP contribution in [0.5, 0.6) is 0 Å². The van der Waals surface area contributed by atoms with E-state index in [-0.39, 0.29) is 12.0 Å². The Morgan fingerprint density at radius 3 is 3.00 bits per heavy atom. The lowest BCUT2D eigenvalue weighted by Crippen LogP contribution is -2.53. The molecule has 1 aliphatic carbocycles. The fourth-order valence-corrected chi connectivity index (χ4v) is 3.47. The molecule has 1 saturated carbocycles. The molecule has 21 heavy (non-hydrogen) atoms. The van der Waals surface area contributed by atoms with Crippen LogP contribution in [0.3, 0.4) is 0 Å². The first-order valence-corrected chi connectivity index (χ1v) is 7.90. The van der Waals surface area contributed by atoms with E-state index < -0.39 is 5.54 Å². The highest BCUT2D eigenvalue weighted by molar-refractivity contribution is 5.81. The number of hydrogen-bond donors (Lipinski definition) is 1. The summed E-state index contributed by atoms with van der Waals surface area (Å²) in [6, 6.07) is 0.570. The lowest BCUT2D eigenvalue weighted by molar-refractivity contribution is -0.148. The van der Waals surface area contributed by atoms with Gasteiger partial charge >= 0.3 is 5.97 Å². The van der Waals surface area contributed by atoms with Crippen molar-refractivity contribution in [2.24, 2.45) is 0 Å². The zero-order valence-electron chi connectivity index (χ0n) is 13.6. The molecule has 0 amide bonds. The number of nitrogens with zero attached hydrogens (tertiary/aromatic N) is 2. The molecular weight excluding hydrogens is 266 g/mol. The van der Waals surface area contributed by atoms with Crippen LogP contribution in [-0.4, -0.2) is 34.2 Å². The van der Waals surface area contributed by atoms with Crippen LogP contribution in [0, 0.1) is 0 Å². The number of aromatic nitrogens is 2. The smallest absolute Gasteiger partial charge is 0.326 e. The minimum absolute atomic E-state index is 0.143. The number of methoxy groups -OCH3 is 1. The second-order valence-corrected chi connectivity index (χ2v) is 6.27. The highest BCUT2D eigenvalue weighted by Gasteiger charge is 2.47. The Morgan fingerprint density at radius 1 is 1.62 bits per heavy atom. The molecule has 118 valence electrons. The quantitative estimate of drug-likeness (QED) is 0.819. The van der Waals surface area contributed by atoms with Crippen molar-refractivity contribution < 1.29 is 9.53 Å². The van der Waals surface area contributed by atoms with Crippen molar-refractivity contribution in [2.45, 2.75) is 70.5 Å². The Bertz CT molecular complexity index is 484. The lowest BCUT2D eigenvalue weighted by Gasteiger charge is -2.30. The highest BCUT2D eigenvalue weighted by Crippen LogP contribution is 2.39. The third-order valence-electron chi connectivity index (χ3n) is 4.25. The molecule has 0 aliphatic heterocycles. The SMILES string of the molecule is CCCc1nccn1C1CCC(NC(C)C)(C(=O)OC)C1. The molecule has 1 aromatic heterocycles. The van der Waals surface area contributed by atoms with Crippen molar-refractivity contribution in [2.75, 3.05) is 7.11 Å². The van der Waals surface area contributed by atoms with E-state index in [0.29, 0.717) is 6.04 Å². The topological polar surface area (TPSA) is 56.2 Å². The summed E-state index contributed by atoms with van der Waals surface area (Å²) in [5.41, 5.74) is -0.554. The summed E-state index contributed by atoms with van der Waals surface area (Å²) < 4.78 is 7.30. The molecule has 0 saturated heterocycles. The van der Waals surface area contributed by atoms with Crippen LogP contribution in [0.15, 0.2) is 12.4 Å². The first-order chi connectivity index (χ1) is 10.0. The minimum atomic E-state index is -0.554. The lowest BCUT2D eigenvalue weighted by atomic mass is 9.96. The molecule has 5 nitrogen and oxygen atoms in total. The maximum Gasteiger partial charge on any atom is 0.326 e. The van der Waals surface area contributed by atoms with Gasteiger partial charge in [0.25, 0.3) is 0 Å². The van der Waals surface area contributed by atoms with Gasteiger partial charge in [0.05, 0.1) is 7.11 Å². The number of nitrogens with one attached hydrogen (secondary N) is 1. The molecule has 2 rings (SSSR count). The summed E-state index contributed by atoms with van der Waals surface area (Å²) in [6.45, 7) is 6.29. The number of aryl methyl sites for hydroxylation is 1. The van der Waals surface area contributed by atoms with Gasteiger partial charge in [-0.05, 0) is 39.5 Å². The number of rotatable bonds is 6. The molecule has 0 radical (unpaired) electrons. The van der Waals surface area contributed by atoms with E-state index in [0.717, 1.165) is 37.9 Å². The third kappa shape index (κ3) is 3.28. The molecule has 2 atom stereocenters. The van der Waals surface area contributed by atoms with Crippen molar-refractivity contribution in [3.8, 4) is 0 Å². The fraction of sp³-hybridized carbons (Fsp3) is 0.750. The monoisotopic (exact) mass is 293 g/mol. The van der Waals surface area contributed by atoms with E-state index in [4.69, 9.17) is 4.74 Å². The van der Waals surface area contributed by atoms with Crippen LogP contribution in [0.4, 0.5) is 0 Å². The molecule has 2 unspecified atom stereocenters. The van der Waals surface area contributed by atoms with Gasteiger partial charge in [0.15, 0.2) is 0 Å². The zero-order chi connectivity index (χ0) is 15.5. The van der Waals surface area contributed by atoms with Gasteiger partial charge in [-0.15, -0.1) is 0 Å². The maximum absolute atomic E-state index is 12.3. The largest absolute Gasteiger partial charge is 0.468 e. The highest BCUT2D eigenvalue weighted by atomic mass is 16.5. The minimum Gasteiger partial charge on any atom is -0.468 e. The number of carbonyl (C=O) groups excluding carboxylic acids is 1. The van der Waals surface area contributed by atoms with Crippen molar-refractivity contribution in [1.82, 2.24) is 14.9 Å². The maximum atomic E-state index is 12.3. The van der Waals surface area contributed by atoms with Gasteiger partial charge in [0.1, 0.15) is 11.4 Å². The number of carbonyl (C=O) groups is 1. The van der Waals surface area contributed by atoms with Crippen LogP contribution >= 0.6 is 0 Å². The molecule has 1 aliphatic rings. The van der Waals surface area contributed by atoms with Crippen LogP contribution in [0.2, 0.25) is 0 Å². The summed E-state index contributed by atoms with van der Waals surface area (Å²) in [5.74, 6) is 0.976. The van der Waals surface area contributed by atoms with Crippen molar-refractivity contribution >= 4 is 5.97 Å². The number of hydrogen-bond acceptors (Lipinski definition) is 4. The van der Waals surface area contributed by atoms with Gasteiger partial charge in [-0.2, -0.15) is 0 Å². The second kappa shape index (κ2) is 6.60. The molecule has 1 fully saturated rings. The van der Waals surface area contributed by atoms with E-state index in [1.54, 1.807) is 0 Å². The van der Waals surface area contributed by atoms with Crippen LogP contribution in [0.25, 0.3) is 0 Å². The first kappa shape index (κ1) is 16.0. The Labute approximate surface area is 127 Å². The van der Waals surface area contributed by atoms with Gasteiger partial charge in [-0.25, -0.2) is 4.98 Å². The average molecular weight is 293 g/mol. The summed E-state index contributed by atoms with van der Waals surface area (Å²) in [4.78, 5) is 16.7. The Hall–Kier alpha value is -1.36. The summed E-state index contributed by atoms with van der Waals surface area (Å²) in [5, 5.41) is 3.44. The predicted molar refractivity (Wildman–Crippen MR) is 82.1 cm³/mol. The summed E-state index contributed by atoms with van der Waals surface area (Å²) >= 11 is 0. The van der Waals surface area contributed by atoms with Crippen molar-refractivity contribution in [3.63, 3.8) is 0 Å².